The highest BCUT2D eigenvalue weighted by Gasteiger charge is 2.21. The first-order valence-electron chi connectivity index (χ1n) is 5.95. The first-order valence-corrected chi connectivity index (χ1v) is 5.95. The summed E-state index contributed by atoms with van der Waals surface area (Å²) in [7, 11) is 3.13. The summed E-state index contributed by atoms with van der Waals surface area (Å²) in [6, 6.07) is 6.20. The molecule has 1 aromatic carbocycles. The molecule has 1 unspecified atom stereocenters. The molecule has 0 aromatic heterocycles. The first kappa shape index (κ1) is 12.0. The molecule has 0 heterocycles. The Labute approximate surface area is 102 Å². The fraction of sp³-hybridized carbons (Fsp3) is 0.500. The van der Waals surface area contributed by atoms with Gasteiger partial charge in [0.1, 0.15) is 5.75 Å². The van der Waals surface area contributed by atoms with E-state index >= 15 is 0 Å². The highest BCUT2D eigenvalue weighted by molar-refractivity contribution is 5.69. The van der Waals surface area contributed by atoms with Crippen molar-refractivity contribution < 1.29 is 14.3 Å². The molecule has 3 nitrogen and oxygen atoms in total. The van der Waals surface area contributed by atoms with E-state index in [0.717, 1.165) is 25.0 Å². The molecule has 0 aliphatic heterocycles. The molecule has 0 N–H and O–H groups in total. The predicted octanol–water partition coefficient (Wildman–Crippen LogP) is 2.36. The molecule has 2 rings (SSSR count). The number of ether oxygens (including phenoxy) is 2. The number of hydrogen-bond acceptors (Lipinski definition) is 3. The van der Waals surface area contributed by atoms with Gasteiger partial charge < -0.3 is 9.47 Å². The second kappa shape index (κ2) is 5.21. The lowest BCUT2D eigenvalue weighted by Crippen LogP contribution is -2.18. The van der Waals surface area contributed by atoms with Crippen molar-refractivity contribution in [2.75, 3.05) is 14.2 Å². The van der Waals surface area contributed by atoms with E-state index in [2.05, 4.69) is 12.1 Å². The van der Waals surface area contributed by atoms with Crippen molar-refractivity contribution in [2.45, 2.75) is 25.7 Å². The molecule has 0 saturated heterocycles. The van der Waals surface area contributed by atoms with Crippen LogP contribution in [0.5, 0.6) is 5.75 Å². The van der Waals surface area contributed by atoms with Gasteiger partial charge in [-0.3, -0.25) is 4.79 Å². The number of aryl methyl sites for hydroxylation is 1. The summed E-state index contributed by atoms with van der Waals surface area (Å²) in [4.78, 5) is 11.3. The van der Waals surface area contributed by atoms with Crippen LogP contribution in [-0.2, 0) is 22.4 Å². The summed E-state index contributed by atoms with van der Waals surface area (Å²) < 4.78 is 9.93. The lowest BCUT2D eigenvalue weighted by atomic mass is 9.82. The molecule has 1 aliphatic carbocycles. The molecule has 0 fully saturated rings. The molecule has 1 aliphatic rings. The van der Waals surface area contributed by atoms with Crippen LogP contribution in [-0.4, -0.2) is 20.2 Å². The summed E-state index contributed by atoms with van der Waals surface area (Å²) in [5, 5.41) is 0. The van der Waals surface area contributed by atoms with Crippen molar-refractivity contribution in [1.82, 2.24) is 0 Å². The smallest absolute Gasteiger partial charge is 0.305 e. The predicted molar refractivity (Wildman–Crippen MR) is 65.1 cm³/mol. The van der Waals surface area contributed by atoms with Gasteiger partial charge in [0, 0.05) is 6.42 Å². The second-order valence-corrected chi connectivity index (χ2v) is 4.52. The SMILES string of the molecule is COC(=O)CC1CCc2cc(OC)ccc2C1. The third-order valence-corrected chi connectivity index (χ3v) is 3.43. The fourth-order valence-corrected chi connectivity index (χ4v) is 2.43. The number of carbonyl (C=O) groups is 1. The Balaban J connectivity index is 2.06. The quantitative estimate of drug-likeness (QED) is 0.753. The van der Waals surface area contributed by atoms with Gasteiger partial charge in [-0.25, -0.2) is 0 Å². The summed E-state index contributed by atoms with van der Waals surface area (Å²) in [6.45, 7) is 0. The maximum Gasteiger partial charge on any atom is 0.305 e. The monoisotopic (exact) mass is 234 g/mol. The van der Waals surface area contributed by atoms with E-state index in [0.29, 0.717) is 12.3 Å². The van der Waals surface area contributed by atoms with E-state index in [-0.39, 0.29) is 5.97 Å². The van der Waals surface area contributed by atoms with E-state index in [1.807, 2.05) is 6.07 Å². The lowest BCUT2D eigenvalue weighted by molar-refractivity contribution is -0.141. The number of methoxy groups -OCH3 is 2. The lowest BCUT2D eigenvalue weighted by Gasteiger charge is -2.24. The number of esters is 1. The molecule has 3 heteroatoms. The third-order valence-electron chi connectivity index (χ3n) is 3.43. The number of carbonyl (C=O) groups excluding carboxylic acids is 1. The minimum Gasteiger partial charge on any atom is -0.497 e. The standard InChI is InChI=1S/C14H18O3/c1-16-13-6-5-11-7-10(8-14(15)17-2)3-4-12(11)9-13/h5-6,9-10H,3-4,7-8H2,1-2H3. The number of fused-ring (bicyclic) bond motifs is 1. The average molecular weight is 234 g/mol. The highest BCUT2D eigenvalue weighted by Crippen LogP contribution is 2.30. The zero-order valence-electron chi connectivity index (χ0n) is 10.4. The van der Waals surface area contributed by atoms with Crippen LogP contribution in [0.4, 0.5) is 0 Å². The largest absolute Gasteiger partial charge is 0.497 e. The van der Waals surface area contributed by atoms with E-state index in [1.54, 1.807) is 7.11 Å². The van der Waals surface area contributed by atoms with Gasteiger partial charge >= 0.3 is 5.97 Å². The average Bonchev–Trinajstić information content (AvgIpc) is 2.38. The van der Waals surface area contributed by atoms with Crippen LogP contribution in [0.2, 0.25) is 0 Å². The Morgan fingerprint density at radius 2 is 2.18 bits per heavy atom. The van der Waals surface area contributed by atoms with Crippen LogP contribution in [0.1, 0.15) is 24.0 Å². The Bertz CT molecular complexity index is 412. The van der Waals surface area contributed by atoms with Gasteiger partial charge in [0.2, 0.25) is 0 Å². The molecule has 17 heavy (non-hydrogen) atoms. The first-order chi connectivity index (χ1) is 8.22. The van der Waals surface area contributed by atoms with Crippen LogP contribution in [0.25, 0.3) is 0 Å². The van der Waals surface area contributed by atoms with Gasteiger partial charge in [-0.05, 0) is 48.4 Å². The zero-order chi connectivity index (χ0) is 12.3. The maximum absolute atomic E-state index is 11.3. The third kappa shape index (κ3) is 2.78. The van der Waals surface area contributed by atoms with Crippen molar-refractivity contribution in [3.05, 3.63) is 29.3 Å². The minimum atomic E-state index is -0.105. The molecular weight excluding hydrogens is 216 g/mol. The molecule has 92 valence electrons. The Morgan fingerprint density at radius 3 is 2.88 bits per heavy atom. The van der Waals surface area contributed by atoms with Gasteiger partial charge in [-0.1, -0.05) is 6.07 Å². The van der Waals surface area contributed by atoms with Gasteiger partial charge in [-0.15, -0.1) is 0 Å². The Hall–Kier alpha value is -1.51. The summed E-state index contributed by atoms with van der Waals surface area (Å²) >= 11 is 0. The van der Waals surface area contributed by atoms with Crippen molar-refractivity contribution in [3.63, 3.8) is 0 Å². The van der Waals surface area contributed by atoms with Crippen molar-refractivity contribution in [1.29, 1.82) is 0 Å². The van der Waals surface area contributed by atoms with Gasteiger partial charge in [0.05, 0.1) is 14.2 Å². The number of rotatable bonds is 3. The summed E-state index contributed by atoms with van der Waals surface area (Å²) in [5.74, 6) is 1.23. The normalized spacial score (nSPS) is 18.4. The highest BCUT2D eigenvalue weighted by atomic mass is 16.5. The molecule has 0 saturated carbocycles. The zero-order valence-corrected chi connectivity index (χ0v) is 10.4. The fourth-order valence-electron chi connectivity index (χ4n) is 2.43. The number of hydrogen-bond donors (Lipinski definition) is 0. The van der Waals surface area contributed by atoms with Crippen molar-refractivity contribution in [3.8, 4) is 5.75 Å². The molecule has 0 bridgehead atoms. The van der Waals surface area contributed by atoms with Crippen LogP contribution in [0, 0.1) is 5.92 Å². The molecule has 0 spiro atoms. The van der Waals surface area contributed by atoms with Crippen molar-refractivity contribution >= 4 is 5.97 Å². The Kier molecular flexibility index (Phi) is 3.67. The number of benzene rings is 1. The summed E-state index contributed by atoms with van der Waals surface area (Å²) in [6.07, 6.45) is 3.57. The minimum absolute atomic E-state index is 0.105. The van der Waals surface area contributed by atoms with E-state index in [1.165, 1.54) is 18.2 Å². The van der Waals surface area contributed by atoms with Gasteiger partial charge in [0.25, 0.3) is 0 Å². The maximum atomic E-state index is 11.3. The van der Waals surface area contributed by atoms with Gasteiger partial charge in [0.15, 0.2) is 0 Å². The van der Waals surface area contributed by atoms with Gasteiger partial charge in [-0.2, -0.15) is 0 Å². The van der Waals surface area contributed by atoms with Crippen molar-refractivity contribution in [2.24, 2.45) is 5.92 Å². The molecule has 0 radical (unpaired) electrons. The van der Waals surface area contributed by atoms with E-state index in [9.17, 15) is 4.79 Å². The topological polar surface area (TPSA) is 35.5 Å². The summed E-state index contributed by atoms with van der Waals surface area (Å²) in [5.41, 5.74) is 2.69. The van der Waals surface area contributed by atoms with Crippen LogP contribution in [0.15, 0.2) is 18.2 Å². The van der Waals surface area contributed by atoms with E-state index in [4.69, 9.17) is 9.47 Å². The van der Waals surface area contributed by atoms with Crippen LogP contribution >= 0.6 is 0 Å². The Morgan fingerprint density at radius 1 is 1.35 bits per heavy atom. The van der Waals surface area contributed by atoms with Crippen LogP contribution < -0.4 is 4.74 Å². The molecule has 1 aromatic rings. The molecule has 0 amide bonds. The second-order valence-electron chi connectivity index (χ2n) is 4.52. The van der Waals surface area contributed by atoms with Crippen LogP contribution in [0.3, 0.4) is 0 Å². The molecule has 1 atom stereocenters. The van der Waals surface area contributed by atoms with E-state index < -0.39 is 0 Å². The molecular formula is C14H18O3.